The summed E-state index contributed by atoms with van der Waals surface area (Å²) in [6.07, 6.45) is 0.849. The molecule has 0 radical (unpaired) electrons. The SMILES string of the molecule is CC(C)c1ccc(CC(COc2ccccc2)NN)cc1. The molecule has 3 nitrogen and oxygen atoms in total. The molecule has 3 N–H and O–H groups in total. The Morgan fingerprint density at radius 3 is 2.24 bits per heavy atom. The molecule has 0 aliphatic rings. The van der Waals surface area contributed by atoms with Crippen molar-refractivity contribution in [3.63, 3.8) is 0 Å². The predicted molar refractivity (Wildman–Crippen MR) is 87.3 cm³/mol. The third kappa shape index (κ3) is 4.88. The van der Waals surface area contributed by atoms with E-state index in [0.29, 0.717) is 12.5 Å². The van der Waals surface area contributed by atoms with E-state index in [0.717, 1.165) is 12.2 Å². The minimum Gasteiger partial charge on any atom is -0.492 e. The molecule has 0 amide bonds. The lowest BCUT2D eigenvalue weighted by Crippen LogP contribution is -2.41. The van der Waals surface area contributed by atoms with E-state index in [-0.39, 0.29) is 6.04 Å². The highest BCUT2D eigenvalue weighted by molar-refractivity contribution is 5.25. The first kappa shape index (κ1) is 15.5. The summed E-state index contributed by atoms with van der Waals surface area (Å²) in [5, 5.41) is 0. The molecule has 0 saturated heterocycles. The van der Waals surface area contributed by atoms with Crippen molar-refractivity contribution >= 4 is 0 Å². The summed E-state index contributed by atoms with van der Waals surface area (Å²) < 4.78 is 5.75. The number of hydrogen-bond donors (Lipinski definition) is 2. The average molecular weight is 284 g/mol. The van der Waals surface area contributed by atoms with Crippen molar-refractivity contribution in [1.82, 2.24) is 5.43 Å². The van der Waals surface area contributed by atoms with Gasteiger partial charge in [0.1, 0.15) is 12.4 Å². The molecule has 1 atom stereocenters. The molecule has 112 valence electrons. The summed E-state index contributed by atoms with van der Waals surface area (Å²) in [5.41, 5.74) is 5.45. The van der Waals surface area contributed by atoms with Crippen LogP contribution in [-0.4, -0.2) is 12.6 Å². The number of benzene rings is 2. The van der Waals surface area contributed by atoms with Gasteiger partial charge in [0.2, 0.25) is 0 Å². The Bertz CT molecular complexity index is 523. The van der Waals surface area contributed by atoms with Crippen LogP contribution in [0, 0.1) is 0 Å². The van der Waals surface area contributed by atoms with E-state index >= 15 is 0 Å². The molecule has 0 aliphatic carbocycles. The fourth-order valence-corrected chi connectivity index (χ4v) is 2.20. The molecule has 2 aromatic rings. The number of hydrazine groups is 1. The van der Waals surface area contributed by atoms with Crippen LogP contribution in [0.1, 0.15) is 30.9 Å². The van der Waals surface area contributed by atoms with Crippen molar-refractivity contribution in [3.05, 3.63) is 65.7 Å². The molecular formula is C18H24N2O. The van der Waals surface area contributed by atoms with Crippen molar-refractivity contribution < 1.29 is 4.74 Å². The first-order valence-electron chi connectivity index (χ1n) is 7.42. The predicted octanol–water partition coefficient (Wildman–Crippen LogP) is 3.26. The number of para-hydroxylation sites is 1. The smallest absolute Gasteiger partial charge is 0.119 e. The Morgan fingerprint density at radius 2 is 1.67 bits per heavy atom. The maximum absolute atomic E-state index is 5.75. The molecule has 0 fully saturated rings. The molecule has 1 unspecified atom stereocenters. The molecule has 2 aromatic carbocycles. The molecule has 2 rings (SSSR count). The van der Waals surface area contributed by atoms with Gasteiger partial charge in [-0.3, -0.25) is 11.3 Å². The Labute approximate surface area is 127 Å². The van der Waals surface area contributed by atoms with Gasteiger partial charge in [0.15, 0.2) is 0 Å². The molecule has 3 heteroatoms. The maximum Gasteiger partial charge on any atom is 0.119 e. The number of rotatable bonds is 7. The lowest BCUT2D eigenvalue weighted by molar-refractivity contribution is 0.264. The summed E-state index contributed by atoms with van der Waals surface area (Å²) in [5.74, 6) is 7.06. The lowest BCUT2D eigenvalue weighted by Gasteiger charge is -2.17. The van der Waals surface area contributed by atoms with E-state index in [2.05, 4.69) is 43.5 Å². The Morgan fingerprint density at radius 1 is 1.00 bits per heavy atom. The minimum absolute atomic E-state index is 0.0927. The van der Waals surface area contributed by atoms with Crippen LogP contribution in [0.25, 0.3) is 0 Å². The first-order valence-corrected chi connectivity index (χ1v) is 7.42. The van der Waals surface area contributed by atoms with E-state index < -0.39 is 0 Å². The van der Waals surface area contributed by atoms with Crippen LogP contribution in [0.15, 0.2) is 54.6 Å². The molecule has 21 heavy (non-hydrogen) atoms. The fourth-order valence-electron chi connectivity index (χ4n) is 2.20. The van der Waals surface area contributed by atoms with Crippen LogP contribution in [0.5, 0.6) is 5.75 Å². The summed E-state index contributed by atoms with van der Waals surface area (Å²) >= 11 is 0. The Balaban J connectivity index is 1.89. The molecule has 0 spiro atoms. The maximum atomic E-state index is 5.75. The van der Waals surface area contributed by atoms with Gasteiger partial charge in [0.25, 0.3) is 0 Å². The lowest BCUT2D eigenvalue weighted by atomic mass is 9.99. The Kier molecular flexibility index (Phi) is 5.78. The molecule has 0 aromatic heterocycles. The van der Waals surface area contributed by atoms with E-state index in [4.69, 9.17) is 10.6 Å². The summed E-state index contributed by atoms with van der Waals surface area (Å²) in [7, 11) is 0. The van der Waals surface area contributed by atoms with E-state index in [1.165, 1.54) is 11.1 Å². The third-order valence-electron chi connectivity index (χ3n) is 3.56. The standard InChI is InChI=1S/C18H24N2O/c1-14(2)16-10-8-15(9-11-16)12-17(20-19)13-21-18-6-4-3-5-7-18/h3-11,14,17,20H,12-13,19H2,1-2H3. The zero-order valence-corrected chi connectivity index (χ0v) is 12.8. The van der Waals surface area contributed by atoms with Crippen molar-refractivity contribution in [2.45, 2.75) is 32.2 Å². The van der Waals surface area contributed by atoms with Gasteiger partial charge in [-0.05, 0) is 35.6 Å². The van der Waals surface area contributed by atoms with E-state index in [9.17, 15) is 0 Å². The number of nitrogens with two attached hydrogens (primary N) is 1. The zero-order chi connectivity index (χ0) is 15.1. The van der Waals surface area contributed by atoms with Gasteiger partial charge in [-0.2, -0.15) is 0 Å². The monoisotopic (exact) mass is 284 g/mol. The summed E-state index contributed by atoms with van der Waals surface area (Å²) in [4.78, 5) is 0. The van der Waals surface area contributed by atoms with Crippen LogP contribution in [0.4, 0.5) is 0 Å². The van der Waals surface area contributed by atoms with Crippen LogP contribution in [0.3, 0.4) is 0 Å². The van der Waals surface area contributed by atoms with Gasteiger partial charge in [-0.25, -0.2) is 0 Å². The highest BCUT2D eigenvalue weighted by Gasteiger charge is 2.09. The largest absolute Gasteiger partial charge is 0.492 e. The molecule has 0 bridgehead atoms. The average Bonchev–Trinajstić information content (AvgIpc) is 2.53. The van der Waals surface area contributed by atoms with Crippen LogP contribution in [0.2, 0.25) is 0 Å². The highest BCUT2D eigenvalue weighted by Crippen LogP contribution is 2.16. The normalized spacial score (nSPS) is 12.4. The summed E-state index contributed by atoms with van der Waals surface area (Å²) in [6.45, 7) is 4.95. The van der Waals surface area contributed by atoms with Crippen molar-refractivity contribution in [1.29, 1.82) is 0 Å². The summed E-state index contributed by atoms with van der Waals surface area (Å²) in [6, 6.07) is 18.6. The topological polar surface area (TPSA) is 47.3 Å². The van der Waals surface area contributed by atoms with Gasteiger partial charge < -0.3 is 4.74 Å². The fraction of sp³-hybridized carbons (Fsp3) is 0.333. The van der Waals surface area contributed by atoms with Gasteiger partial charge >= 0.3 is 0 Å². The van der Waals surface area contributed by atoms with Gasteiger partial charge in [0.05, 0.1) is 6.04 Å². The van der Waals surface area contributed by atoms with Gasteiger partial charge in [-0.15, -0.1) is 0 Å². The van der Waals surface area contributed by atoms with Gasteiger partial charge in [0, 0.05) is 0 Å². The number of ether oxygens (including phenoxy) is 1. The molecule has 0 heterocycles. The highest BCUT2D eigenvalue weighted by atomic mass is 16.5. The van der Waals surface area contributed by atoms with Crippen LogP contribution >= 0.6 is 0 Å². The van der Waals surface area contributed by atoms with E-state index in [1.54, 1.807) is 0 Å². The minimum atomic E-state index is 0.0927. The first-order chi connectivity index (χ1) is 10.2. The number of hydrogen-bond acceptors (Lipinski definition) is 3. The van der Waals surface area contributed by atoms with Crippen molar-refractivity contribution in [2.75, 3.05) is 6.61 Å². The zero-order valence-electron chi connectivity index (χ0n) is 12.8. The third-order valence-corrected chi connectivity index (χ3v) is 3.56. The molecule has 0 aliphatic heterocycles. The second-order valence-corrected chi connectivity index (χ2v) is 5.59. The van der Waals surface area contributed by atoms with Crippen molar-refractivity contribution in [3.8, 4) is 5.75 Å². The molecular weight excluding hydrogens is 260 g/mol. The second-order valence-electron chi connectivity index (χ2n) is 5.59. The van der Waals surface area contributed by atoms with Gasteiger partial charge in [-0.1, -0.05) is 56.3 Å². The second kappa shape index (κ2) is 7.81. The van der Waals surface area contributed by atoms with Crippen LogP contribution in [-0.2, 0) is 6.42 Å². The van der Waals surface area contributed by atoms with Crippen molar-refractivity contribution in [2.24, 2.45) is 5.84 Å². The quantitative estimate of drug-likeness (QED) is 0.606. The van der Waals surface area contributed by atoms with Crippen LogP contribution < -0.4 is 16.0 Å². The number of nitrogens with one attached hydrogen (secondary N) is 1. The Hall–Kier alpha value is -1.84. The van der Waals surface area contributed by atoms with E-state index in [1.807, 2.05) is 30.3 Å². The molecule has 0 saturated carbocycles.